The van der Waals surface area contributed by atoms with E-state index >= 15 is 0 Å². The molecule has 0 spiro atoms. The first-order valence-corrected chi connectivity index (χ1v) is 6.49. The number of hydrogen-bond donors (Lipinski definition) is 0. The van der Waals surface area contributed by atoms with Crippen LogP contribution >= 0.6 is 0 Å². The Morgan fingerprint density at radius 3 is 2.30 bits per heavy atom. The molecule has 0 aliphatic rings. The summed E-state index contributed by atoms with van der Waals surface area (Å²) in [6.45, 7) is 0.300. The lowest BCUT2D eigenvalue weighted by Gasteiger charge is -2.07. The van der Waals surface area contributed by atoms with Crippen molar-refractivity contribution in [3.8, 4) is 11.4 Å². The smallest absolute Gasteiger partial charge is 0.182 e. The third-order valence-corrected chi connectivity index (χ3v) is 3.16. The number of carbonyl (C=O) groups is 1. The van der Waals surface area contributed by atoms with Crippen molar-refractivity contribution in [1.82, 2.24) is 9.55 Å². The van der Waals surface area contributed by atoms with Crippen molar-refractivity contribution < 1.29 is 4.79 Å². The molecule has 0 saturated heterocycles. The Bertz CT molecular complexity index is 702. The number of carbonyl (C=O) groups excluding carboxylic acids is 1. The monoisotopic (exact) mass is 262 g/mol. The highest BCUT2D eigenvalue weighted by atomic mass is 16.1. The molecule has 1 aromatic heterocycles. The first kappa shape index (κ1) is 12.4. The molecule has 0 atom stereocenters. The van der Waals surface area contributed by atoms with Crippen molar-refractivity contribution in [2.45, 2.75) is 6.54 Å². The molecule has 3 rings (SSSR count). The number of nitrogens with zero attached hydrogens (tertiary/aromatic N) is 2. The van der Waals surface area contributed by atoms with E-state index in [1.165, 1.54) is 0 Å². The Labute approximate surface area is 117 Å². The van der Waals surface area contributed by atoms with E-state index in [-0.39, 0.29) is 5.78 Å². The maximum atomic E-state index is 12.2. The molecule has 3 nitrogen and oxygen atoms in total. The van der Waals surface area contributed by atoms with Gasteiger partial charge in [-0.25, -0.2) is 4.98 Å². The average molecular weight is 262 g/mol. The summed E-state index contributed by atoms with van der Waals surface area (Å²) in [6, 6.07) is 19.2. The molecule has 3 aromatic rings. The second-order valence-corrected chi connectivity index (χ2v) is 4.53. The van der Waals surface area contributed by atoms with Crippen molar-refractivity contribution in [2.24, 2.45) is 0 Å². The van der Waals surface area contributed by atoms with Gasteiger partial charge in [-0.2, -0.15) is 0 Å². The maximum Gasteiger partial charge on any atom is 0.182 e. The van der Waals surface area contributed by atoms with Crippen LogP contribution in [0.2, 0.25) is 0 Å². The average Bonchev–Trinajstić information content (AvgIpc) is 2.97. The molecule has 1 heterocycles. The molecule has 0 bridgehead atoms. The fraction of sp³-hybridized carbons (Fsp3) is 0.0588. The molecule has 0 fully saturated rings. The van der Waals surface area contributed by atoms with Gasteiger partial charge >= 0.3 is 0 Å². The molecular formula is C17H14N2O. The number of aromatic nitrogens is 2. The van der Waals surface area contributed by atoms with Gasteiger partial charge < -0.3 is 4.57 Å². The van der Waals surface area contributed by atoms with Gasteiger partial charge in [0, 0.05) is 23.5 Å². The zero-order chi connectivity index (χ0) is 13.8. The minimum Gasteiger partial charge on any atom is -0.323 e. The summed E-state index contributed by atoms with van der Waals surface area (Å²) < 4.78 is 1.88. The van der Waals surface area contributed by atoms with Gasteiger partial charge in [0.1, 0.15) is 5.82 Å². The van der Waals surface area contributed by atoms with Crippen molar-refractivity contribution in [1.29, 1.82) is 0 Å². The second kappa shape index (κ2) is 5.53. The zero-order valence-corrected chi connectivity index (χ0v) is 10.9. The quantitative estimate of drug-likeness (QED) is 0.675. The minimum atomic E-state index is 0.0841. The molecule has 0 amide bonds. The highest BCUT2D eigenvalue weighted by molar-refractivity contribution is 5.96. The van der Waals surface area contributed by atoms with E-state index in [2.05, 4.69) is 4.98 Å². The van der Waals surface area contributed by atoms with Crippen LogP contribution in [0.15, 0.2) is 73.1 Å². The van der Waals surface area contributed by atoms with Gasteiger partial charge in [0.05, 0.1) is 6.54 Å². The van der Waals surface area contributed by atoms with E-state index in [0.717, 1.165) is 17.0 Å². The topological polar surface area (TPSA) is 34.9 Å². The fourth-order valence-corrected chi connectivity index (χ4v) is 2.15. The number of Topliss-reactive ketones (excluding diaryl/α,β-unsaturated/α-hetero) is 1. The molecule has 98 valence electrons. The highest BCUT2D eigenvalue weighted by Gasteiger charge is 2.10. The molecule has 0 radical (unpaired) electrons. The zero-order valence-electron chi connectivity index (χ0n) is 10.9. The van der Waals surface area contributed by atoms with Crippen LogP contribution in [-0.4, -0.2) is 15.3 Å². The Balaban J connectivity index is 1.86. The van der Waals surface area contributed by atoms with Crippen LogP contribution in [0, 0.1) is 0 Å². The molecule has 3 heteroatoms. The van der Waals surface area contributed by atoms with E-state index in [1.807, 2.05) is 71.4 Å². The molecule has 0 aliphatic heterocycles. The Kier molecular flexibility index (Phi) is 3.42. The number of benzene rings is 2. The summed E-state index contributed by atoms with van der Waals surface area (Å²) >= 11 is 0. The van der Waals surface area contributed by atoms with Crippen LogP contribution in [0.5, 0.6) is 0 Å². The first-order chi connectivity index (χ1) is 9.84. The van der Waals surface area contributed by atoms with Crippen molar-refractivity contribution in [2.75, 3.05) is 0 Å². The summed E-state index contributed by atoms with van der Waals surface area (Å²) in [7, 11) is 0. The molecular weight excluding hydrogens is 248 g/mol. The number of ketones is 1. The molecule has 0 saturated carbocycles. The minimum absolute atomic E-state index is 0.0841. The number of imidazole rings is 1. The van der Waals surface area contributed by atoms with Crippen molar-refractivity contribution in [3.63, 3.8) is 0 Å². The normalized spacial score (nSPS) is 10.4. The van der Waals surface area contributed by atoms with Crippen LogP contribution in [0.4, 0.5) is 0 Å². The predicted molar refractivity (Wildman–Crippen MR) is 78.4 cm³/mol. The number of hydrogen-bond acceptors (Lipinski definition) is 2. The molecule has 2 aromatic carbocycles. The molecule has 20 heavy (non-hydrogen) atoms. The van der Waals surface area contributed by atoms with E-state index in [9.17, 15) is 4.79 Å². The summed E-state index contributed by atoms with van der Waals surface area (Å²) in [5.74, 6) is 0.899. The van der Waals surface area contributed by atoms with Crippen molar-refractivity contribution >= 4 is 5.78 Å². The second-order valence-electron chi connectivity index (χ2n) is 4.53. The van der Waals surface area contributed by atoms with Crippen LogP contribution in [-0.2, 0) is 6.54 Å². The third kappa shape index (κ3) is 2.52. The summed E-state index contributed by atoms with van der Waals surface area (Å²) in [5, 5.41) is 0. The SMILES string of the molecule is O=C(Cn1ccnc1-c1ccccc1)c1ccccc1. The summed E-state index contributed by atoms with van der Waals surface area (Å²) in [6.07, 6.45) is 3.56. The van der Waals surface area contributed by atoms with Gasteiger partial charge in [0.15, 0.2) is 5.78 Å². The highest BCUT2D eigenvalue weighted by Crippen LogP contribution is 2.17. The van der Waals surface area contributed by atoms with Gasteiger partial charge in [0.25, 0.3) is 0 Å². The largest absolute Gasteiger partial charge is 0.323 e. The summed E-state index contributed by atoms with van der Waals surface area (Å²) in [4.78, 5) is 16.6. The van der Waals surface area contributed by atoms with Crippen LogP contribution < -0.4 is 0 Å². The number of rotatable bonds is 4. The molecule has 0 unspecified atom stereocenters. The Morgan fingerprint density at radius 1 is 0.950 bits per heavy atom. The molecule has 0 aliphatic carbocycles. The lowest BCUT2D eigenvalue weighted by atomic mass is 10.1. The van der Waals surface area contributed by atoms with Gasteiger partial charge in [-0.1, -0.05) is 60.7 Å². The third-order valence-electron chi connectivity index (χ3n) is 3.16. The van der Waals surface area contributed by atoms with Gasteiger partial charge in [-0.15, -0.1) is 0 Å². The van der Waals surface area contributed by atoms with Crippen LogP contribution in [0.3, 0.4) is 0 Å². The Hall–Kier alpha value is -2.68. The van der Waals surface area contributed by atoms with Gasteiger partial charge in [-0.05, 0) is 0 Å². The molecule has 0 N–H and O–H groups in total. The summed E-state index contributed by atoms with van der Waals surface area (Å²) in [5.41, 5.74) is 1.73. The predicted octanol–water partition coefficient (Wildman–Crippen LogP) is 3.43. The maximum absolute atomic E-state index is 12.2. The van der Waals surface area contributed by atoms with Gasteiger partial charge in [-0.3, -0.25) is 4.79 Å². The standard InChI is InChI=1S/C17H14N2O/c20-16(14-7-3-1-4-8-14)13-19-12-11-18-17(19)15-9-5-2-6-10-15/h1-12H,13H2. The first-order valence-electron chi connectivity index (χ1n) is 6.49. The Morgan fingerprint density at radius 2 is 1.60 bits per heavy atom. The van der Waals surface area contributed by atoms with E-state index < -0.39 is 0 Å². The van der Waals surface area contributed by atoms with E-state index in [1.54, 1.807) is 6.20 Å². The van der Waals surface area contributed by atoms with Gasteiger partial charge in [0.2, 0.25) is 0 Å². The lowest BCUT2D eigenvalue weighted by molar-refractivity contribution is 0.0972. The van der Waals surface area contributed by atoms with Crippen LogP contribution in [0.25, 0.3) is 11.4 Å². The van der Waals surface area contributed by atoms with E-state index in [0.29, 0.717) is 6.54 Å². The van der Waals surface area contributed by atoms with Crippen LogP contribution in [0.1, 0.15) is 10.4 Å². The fourth-order valence-electron chi connectivity index (χ4n) is 2.15. The lowest BCUT2D eigenvalue weighted by Crippen LogP contribution is -2.10. The van der Waals surface area contributed by atoms with Crippen molar-refractivity contribution in [3.05, 3.63) is 78.6 Å². The van der Waals surface area contributed by atoms with E-state index in [4.69, 9.17) is 0 Å².